The minimum atomic E-state index is -1.56. The summed E-state index contributed by atoms with van der Waals surface area (Å²) in [5.74, 6) is -3.21. The largest absolute Gasteiger partial charge is 0.476 e. The third-order valence-electron chi connectivity index (χ3n) is 3.35. The molecule has 30 heavy (non-hydrogen) atoms. The number of hydrogen-bond acceptors (Lipinski definition) is 10. The van der Waals surface area contributed by atoms with Gasteiger partial charge < -0.3 is 38.3 Å². The molecular formula is C19H34O11. The Bertz CT molecular complexity index is 442. The second-order valence-electron chi connectivity index (χ2n) is 5.71. The van der Waals surface area contributed by atoms with Gasteiger partial charge in [0.25, 0.3) is 0 Å². The van der Waals surface area contributed by atoms with Crippen molar-refractivity contribution < 1.29 is 52.6 Å². The summed E-state index contributed by atoms with van der Waals surface area (Å²) < 4.78 is 36.5. The zero-order valence-electron chi connectivity index (χ0n) is 17.6. The van der Waals surface area contributed by atoms with E-state index in [-0.39, 0.29) is 26.1 Å². The van der Waals surface area contributed by atoms with Crippen molar-refractivity contribution in [3.05, 3.63) is 0 Å². The van der Waals surface area contributed by atoms with Crippen LogP contribution in [-0.2, 0) is 47.5 Å². The SMILES string of the molecule is CCOCCOCCOCCOCCOCCOCCOC(=O)CCC(=O)C(=O)O. The van der Waals surface area contributed by atoms with Crippen LogP contribution in [-0.4, -0.2) is 109 Å². The Kier molecular flexibility index (Phi) is 20.9. The van der Waals surface area contributed by atoms with Crippen molar-refractivity contribution >= 4 is 17.7 Å². The second kappa shape index (κ2) is 22.1. The average Bonchev–Trinajstić information content (AvgIpc) is 2.73. The lowest BCUT2D eigenvalue weighted by Gasteiger charge is -2.08. The van der Waals surface area contributed by atoms with Gasteiger partial charge in [-0.25, -0.2) is 4.79 Å². The molecule has 0 saturated carbocycles. The average molecular weight is 438 g/mol. The molecule has 1 N–H and O–H groups in total. The zero-order valence-corrected chi connectivity index (χ0v) is 17.6. The molecule has 0 aliphatic rings. The molecule has 0 rings (SSSR count). The Morgan fingerprint density at radius 3 is 1.30 bits per heavy atom. The highest BCUT2D eigenvalue weighted by Crippen LogP contribution is 1.95. The van der Waals surface area contributed by atoms with E-state index in [2.05, 4.69) is 0 Å². The number of Topliss-reactive ketones (excluding diaryl/α,β-unsaturated/α-hetero) is 1. The highest BCUT2D eigenvalue weighted by Gasteiger charge is 2.14. The fraction of sp³-hybridized carbons (Fsp3) is 0.842. The summed E-state index contributed by atoms with van der Waals surface area (Å²) in [6.45, 7) is 7.59. The minimum Gasteiger partial charge on any atom is -0.476 e. The van der Waals surface area contributed by atoms with E-state index in [9.17, 15) is 14.4 Å². The van der Waals surface area contributed by atoms with Gasteiger partial charge in [0.05, 0.1) is 79.1 Å². The molecule has 0 radical (unpaired) electrons. The number of carboxylic acid groups (broad SMARTS) is 1. The standard InChI is InChI=1S/C19H34O11/c1-2-24-5-6-25-7-8-26-9-10-27-11-12-28-13-14-29-15-16-30-18(21)4-3-17(20)19(22)23/h2-16H2,1H3,(H,22,23). The van der Waals surface area contributed by atoms with Crippen molar-refractivity contribution in [3.8, 4) is 0 Å². The van der Waals surface area contributed by atoms with Crippen molar-refractivity contribution in [2.75, 3.05) is 85.9 Å². The van der Waals surface area contributed by atoms with E-state index in [0.717, 1.165) is 0 Å². The zero-order chi connectivity index (χ0) is 22.3. The van der Waals surface area contributed by atoms with Crippen LogP contribution >= 0.6 is 0 Å². The van der Waals surface area contributed by atoms with Gasteiger partial charge in [-0.15, -0.1) is 0 Å². The normalized spacial score (nSPS) is 10.8. The van der Waals surface area contributed by atoms with Gasteiger partial charge in [0.2, 0.25) is 5.78 Å². The number of carbonyl (C=O) groups excluding carboxylic acids is 2. The Morgan fingerprint density at radius 1 is 0.567 bits per heavy atom. The number of rotatable bonds is 23. The number of carbonyl (C=O) groups is 3. The summed E-state index contributed by atoms with van der Waals surface area (Å²) in [6.07, 6.45) is -0.637. The Labute approximate surface area is 176 Å². The van der Waals surface area contributed by atoms with Crippen molar-refractivity contribution in [3.63, 3.8) is 0 Å². The summed E-state index contributed by atoms with van der Waals surface area (Å²) >= 11 is 0. The lowest BCUT2D eigenvalue weighted by atomic mass is 10.2. The van der Waals surface area contributed by atoms with Gasteiger partial charge in [-0.05, 0) is 6.92 Å². The fourth-order valence-electron chi connectivity index (χ4n) is 1.85. The number of hydrogen-bond donors (Lipinski definition) is 1. The highest BCUT2D eigenvalue weighted by molar-refractivity contribution is 6.32. The highest BCUT2D eigenvalue weighted by atomic mass is 16.6. The molecule has 0 aromatic carbocycles. The molecule has 0 aliphatic carbocycles. The molecule has 0 saturated heterocycles. The van der Waals surface area contributed by atoms with Gasteiger partial charge in [0.15, 0.2) is 0 Å². The number of ether oxygens (including phenoxy) is 7. The molecule has 11 heteroatoms. The van der Waals surface area contributed by atoms with Crippen molar-refractivity contribution in [1.82, 2.24) is 0 Å². The summed E-state index contributed by atoms with van der Waals surface area (Å²) in [4.78, 5) is 32.4. The number of esters is 1. The van der Waals surface area contributed by atoms with Gasteiger partial charge in [0.1, 0.15) is 6.61 Å². The molecule has 0 amide bonds. The van der Waals surface area contributed by atoms with E-state index in [4.69, 9.17) is 38.3 Å². The van der Waals surface area contributed by atoms with Crippen molar-refractivity contribution in [2.45, 2.75) is 19.8 Å². The van der Waals surface area contributed by atoms with Gasteiger partial charge in [-0.2, -0.15) is 0 Å². The lowest BCUT2D eigenvalue weighted by molar-refractivity contribution is -0.151. The van der Waals surface area contributed by atoms with Crippen LogP contribution in [0.25, 0.3) is 0 Å². The molecule has 0 aromatic heterocycles. The molecule has 176 valence electrons. The van der Waals surface area contributed by atoms with Crippen molar-refractivity contribution in [1.29, 1.82) is 0 Å². The summed E-state index contributed by atoms with van der Waals surface area (Å²) in [5, 5.41) is 8.39. The minimum absolute atomic E-state index is 0.0285. The lowest BCUT2D eigenvalue weighted by Crippen LogP contribution is -2.17. The van der Waals surface area contributed by atoms with Crippen LogP contribution in [0.5, 0.6) is 0 Å². The fourth-order valence-corrected chi connectivity index (χ4v) is 1.85. The number of aliphatic carboxylic acids is 1. The first-order valence-electron chi connectivity index (χ1n) is 9.96. The van der Waals surface area contributed by atoms with Crippen LogP contribution in [0.3, 0.4) is 0 Å². The van der Waals surface area contributed by atoms with E-state index in [1.165, 1.54) is 0 Å². The Balaban J connectivity index is 3.17. The molecule has 11 nitrogen and oxygen atoms in total. The number of carboxylic acids is 1. The molecule has 0 unspecified atom stereocenters. The van der Waals surface area contributed by atoms with E-state index in [0.29, 0.717) is 72.7 Å². The monoisotopic (exact) mass is 438 g/mol. The van der Waals surface area contributed by atoms with E-state index in [1.54, 1.807) is 0 Å². The van der Waals surface area contributed by atoms with Crippen molar-refractivity contribution in [2.24, 2.45) is 0 Å². The van der Waals surface area contributed by atoms with Crippen LogP contribution in [0.15, 0.2) is 0 Å². The maximum Gasteiger partial charge on any atom is 0.372 e. The van der Waals surface area contributed by atoms with Crippen LogP contribution < -0.4 is 0 Å². The van der Waals surface area contributed by atoms with Crippen LogP contribution in [0.1, 0.15) is 19.8 Å². The van der Waals surface area contributed by atoms with Crippen LogP contribution in [0.4, 0.5) is 0 Å². The second-order valence-corrected chi connectivity index (χ2v) is 5.71. The molecule has 0 spiro atoms. The van der Waals surface area contributed by atoms with E-state index < -0.39 is 17.7 Å². The predicted molar refractivity (Wildman–Crippen MR) is 103 cm³/mol. The first kappa shape index (κ1) is 28.4. The molecule has 0 heterocycles. The molecule has 0 atom stereocenters. The molecular weight excluding hydrogens is 404 g/mol. The van der Waals surface area contributed by atoms with Crippen LogP contribution in [0.2, 0.25) is 0 Å². The molecule has 0 fully saturated rings. The molecule has 0 aromatic rings. The first-order valence-corrected chi connectivity index (χ1v) is 9.96. The van der Waals surface area contributed by atoms with Gasteiger partial charge >= 0.3 is 11.9 Å². The van der Waals surface area contributed by atoms with Crippen LogP contribution in [0, 0.1) is 0 Å². The maximum atomic E-state index is 11.3. The molecule has 0 bridgehead atoms. The predicted octanol–water partition coefficient (Wildman–Crippen LogP) is 0.0830. The summed E-state index contributed by atoms with van der Waals surface area (Å²) in [5.41, 5.74) is 0. The number of ketones is 1. The quantitative estimate of drug-likeness (QED) is 0.132. The smallest absolute Gasteiger partial charge is 0.372 e. The maximum absolute atomic E-state index is 11.3. The van der Waals surface area contributed by atoms with Gasteiger partial charge in [-0.3, -0.25) is 9.59 Å². The Hall–Kier alpha value is -1.63. The summed E-state index contributed by atoms with van der Waals surface area (Å²) in [7, 11) is 0. The molecule has 0 aliphatic heterocycles. The van der Waals surface area contributed by atoms with Gasteiger partial charge in [-0.1, -0.05) is 0 Å². The van der Waals surface area contributed by atoms with E-state index in [1.807, 2.05) is 6.92 Å². The third-order valence-corrected chi connectivity index (χ3v) is 3.35. The topological polar surface area (TPSA) is 136 Å². The Morgan fingerprint density at radius 2 is 0.933 bits per heavy atom. The van der Waals surface area contributed by atoms with Gasteiger partial charge in [0, 0.05) is 13.0 Å². The third kappa shape index (κ3) is 21.1. The first-order chi connectivity index (χ1) is 14.6. The van der Waals surface area contributed by atoms with E-state index >= 15 is 0 Å². The summed E-state index contributed by atoms with van der Waals surface area (Å²) in [6, 6.07) is 0.